The third-order valence-electron chi connectivity index (χ3n) is 1.42. The second kappa shape index (κ2) is 4.39. The molecule has 0 aliphatic carbocycles. The molecule has 68 valence electrons. The highest BCUT2D eigenvalue weighted by Gasteiger charge is 2.13. The van der Waals surface area contributed by atoms with Crippen molar-refractivity contribution >= 4 is 8.38 Å². The molecule has 0 bridgehead atoms. The normalized spacial score (nSPS) is 15.5. The lowest BCUT2D eigenvalue weighted by molar-refractivity contribution is -0.292. The zero-order chi connectivity index (χ0) is 9.07. The first-order valence-electron chi connectivity index (χ1n) is 3.93. The molecule has 0 N–H and O–H groups in total. The summed E-state index contributed by atoms with van der Waals surface area (Å²) in [4.78, 5) is 20.7. The zero-order valence-electron chi connectivity index (χ0n) is 7.76. The van der Waals surface area contributed by atoms with E-state index >= 15 is 0 Å². The number of hydrogen-bond acceptors (Lipinski definition) is 2. The first kappa shape index (κ1) is 11.4. The molecule has 0 fully saturated rings. The van der Waals surface area contributed by atoms with Crippen LogP contribution in [0.4, 0.5) is 0 Å². The van der Waals surface area contributed by atoms with Crippen molar-refractivity contribution in [3.05, 3.63) is 0 Å². The van der Waals surface area contributed by atoms with E-state index < -0.39 is 8.38 Å². The van der Waals surface area contributed by atoms with E-state index in [-0.39, 0.29) is 11.3 Å². The quantitative estimate of drug-likeness (QED) is 0.604. The maximum Gasteiger partial charge on any atom is -0.0380 e. The highest BCUT2D eigenvalue weighted by molar-refractivity contribution is 7.42. The fourth-order valence-electron chi connectivity index (χ4n) is 1.36. The second-order valence-electron chi connectivity index (χ2n) is 4.39. The largest absolute Gasteiger partial charge is 0.842 e. The van der Waals surface area contributed by atoms with Crippen LogP contribution < -0.4 is 9.79 Å². The van der Waals surface area contributed by atoms with E-state index in [1.807, 2.05) is 6.92 Å². The van der Waals surface area contributed by atoms with Crippen LogP contribution >= 0.6 is 8.38 Å². The average molecular weight is 176 g/mol. The van der Waals surface area contributed by atoms with Crippen molar-refractivity contribution in [2.24, 2.45) is 11.3 Å². The molecular weight excluding hydrogens is 159 g/mol. The van der Waals surface area contributed by atoms with E-state index in [0.717, 1.165) is 6.42 Å². The van der Waals surface area contributed by atoms with Gasteiger partial charge in [0.1, 0.15) is 0 Å². The Balaban J connectivity index is 3.61. The fraction of sp³-hybridized carbons (Fsp3) is 1.00. The van der Waals surface area contributed by atoms with E-state index in [0.29, 0.717) is 6.16 Å². The minimum Gasteiger partial charge on any atom is -0.842 e. The molecule has 1 unspecified atom stereocenters. The molecule has 0 heterocycles. The minimum absolute atomic E-state index is 0.241. The molecule has 0 radical (unpaired) electrons. The van der Waals surface area contributed by atoms with Crippen molar-refractivity contribution in [2.75, 3.05) is 6.16 Å². The Morgan fingerprint density at radius 2 is 1.73 bits per heavy atom. The van der Waals surface area contributed by atoms with Gasteiger partial charge in [-0.1, -0.05) is 33.9 Å². The number of rotatable bonds is 3. The summed E-state index contributed by atoms with van der Waals surface area (Å²) >= 11 is 0. The Labute approximate surface area is 70.6 Å². The lowest BCUT2D eigenvalue weighted by atomic mass is 9.86. The van der Waals surface area contributed by atoms with E-state index in [1.54, 1.807) is 0 Å². The summed E-state index contributed by atoms with van der Waals surface area (Å²) in [6.07, 6.45) is 1.29. The van der Waals surface area contributed by atoms with Crippen molar-refractivity contribution in [1.82, 2.24) is 0 Å². The molecule has 0 aliphatic heterocycles. The van der Waals surface area contributed by atoms with Crippen LogP contribution in [0.1, 0.15) is 34.1 Å². The van der Waals surface area contributed by atoms with E-state index in [2.05, 4.69) is 20.8 Å². The van der Waals surface area contributed by atoms with Crippen LogP contribution in [-0.2, 0) is 0 Å². The molecule has 0 amide bonds. The molecular formula is C8H17O2P-2. The first-order chi connectivity index (χ1) is 4.81. The predicted molar refractivity (Wildman–Crippen MR) is 45.0 cm³/mol. The third-order valence-corrected chi connectivity index (χ3v) is 2.34. The van der Waals surface area contributed by atoms with Crippen molar-refractivity contribution in [3.63, 3.8) is 0 Å². The van der Waals surface area contributed by atoms with Crippen molar-refractivity contribution in [2.45, 2.75) is 34.1 Å². The van der Waals surface area contributed by atoms with Crippen LogP contribution in [0.3, 0.4) is 0 Å². The molecule has 0 rings (SSSR count). The van der Waals surface area contributed by atoms with Crippen LogP contribution in [0.15, 0.2) is 0 Å². The summed E-state index contributed by atoms with van der Waals surface area (Å²) in [5.74, 6) is 0.288. The van der Waals surface area contributed by atoms with Crippen molar-refractivity contribution < 1.29 is 9.79 Å². The van der Waals surface area contributed by atoms with E-state index in [1.165, 1.54) is 0 Å². The first-order valence-corrected chi connectivity index (χ1v) is 5.29. The zero-order valence-corrected chi connectivity index (χ0v) is 8.65. The smallest absolute Gasteiger partial charge is 0.0380 e. The van der Waals surface area contributed by atoms with Gasteiger partial charge in [-0.15, -0.1) is 0 Å². The van der Waals surface area contributed by atoms with Crippen LogP contribution in [0.5, 0.6) is 0 Å². The van der Waals surface area contributed by atoms with Gasteiger partial charge in [0, 0.05) is 0 Å². The van der Waals surface area contributed by atoms with Gasteiger partial charge in [-0.3, -0.25) is 0 Å². The highest BCUT2D eigenvalue weighted by Crippen LogP contribution is 2.28. The molecule has 0 aliphatic rings. The molecule has 3 heteroatoms. The van der Waals surface area contributed by atoms with Gasteiger partial charge >= 0.3 is 0 Å². The van der Waals surface area contributed by atoms with Crippen LogP contribution in [0.25, 0.3) is 0 Å². The molecule has 0 saturated carbocycles. The molecule has 0 aromatic heterocycles. The predicted octanol–water partition coefficient (Wildman–Crippen LogP) is 1.09. The fourth-order valence-corrected chi connectivity index (χ4v) is 2.00. The van der Waals surface area contributed by atoms with Gasteiger partial charge in [0.2, 0.25) is 0 Å². The molecule has 0 saturated heterocycles. The average Bonchev–Trinajstić information content (AvgIpc) is 1.53. The Hall–Kier alpha value is 0.350. The third kappa shape index (κ3) is 8.25. The van der Waals surface area contributed by atoms with Gasteiger partial charge in [-0.05, 0) is 17.8 Å². The highest BCUT2D eigenvalue weighted by atomic mass is 31.2. The van der Waals surface area contributed by atoms with Crippen molar-refractivity contribution in [3.8, 4) is 0 Å². The Morgan fingerprint density at radius 3 is 2.00 bits per heavy atom. The van der Waals surface area contributed by atoms with Crippen LogP contribution in [0.2, 0.25) is 0 Å². The molecule has 1 atom stereocenters. The Kier molecular flexibility index (Phi) is 4.53. The molecule has 2 nitrogen and oxygen atoms in total. The lowest BCUT2D eigenvalue weighted by Crippen LogP contribution is -2.19. The monoisotopic (exact) mass is 176 g/mol. The SMILES string of the molecule is CC(CP([O-])[O-])CC(C)(C)C. The van der Waals surface area contributed by atoms with Gasteiger partial charge < -0.3 is 18.2 Å². The summed E-state index contributed by atoms with van der Waals surface area (Å²) in [6.45, 7) is 8.36. The van der Waals surface area contributed by atoms with Gasteiger partial charge in [-0.2, -0.15) is 0 Å². The van der Waals surface area contributed by atoms with E-state index in [9.17, 15) is 9.79 Å². The molecule has 11 heavy (non-hydrogen) atoms. The van der Waals surface area contributed by atoms with Crippen molar-refractivity contribution in [1.29, 1.82) is 0 Å². The summed E-state index contributed by atoms with van der Waals surface area (Å²) in [5, 5.41) is 0. The maximum absolute atomic E-state index is 10.3. The summed E-state index contributed by atoms with van der Waals surface area (Å²) in [6, 6.07) is 0. The minimum atomic E-state index is -2.19. The van der Waals surface area contributed by atoms with Crippen LogP contribution in [0, 0.1) is 11.3 Å². The van der Waals surface area contributed by atoms with Gasteiger partial charge in [-0.25, -0.2) is 0 Å². The standard InChI is InChI=1S/C8H17O2P/c1-7(6-11(9)10)5-8(2,3)4/h7H,5-6H2,1-4H3/q-2. The second-order valence-corrected chi connectivity index (χ2v) is 5.42. The molecule has 0 spiro atoms. The lowest BCUT2D eigenvalue weighted by Gasteiger charge is -2.35. The Bertz CT molecular complexity index is 107. The van der Waals surface area contributed by atoms with Crippen LogP contribution in [-0.4, -0.2) is 6.16 Å². The summed E-state index contributed by atoms with van der Waals surface area (Å²) in [5.41, 5.74) is 0.241. The van der Waals surface area contributed by atoms with Gasteiger partial charge in [0.15, 0.2) is 0 Å². The number of hydrogen-bond donors (Lipinski definition) is 0. The van der Waals surface area contributed by atoms with Gasteiger partial charge in [0.05, 0.1) is 0 Å². The maximum atomic E-state index is 10.3. The topological polar surface area (TPSA) is 46.1 Å². The summed E-state index contributed by atoms with van der Waals surface area (Å²) < 4.78 is 0. The molecule has 0 aromatic carbocycles. The van der Waals surface area contributed by atoms with E-state index in [4.69, 9.17) is 0 Å². The van der Waals surface area contributed by atoms with Gasteiger partial charge in [0.25, 0.3) is 0 Å². The molecule has 0 aromatic rings. The Morgan fingerprint density at radius 1 is 1.27 bits per heavy atom. The summed E-state index contributed by atoms with van der Waals surface area (Å²) in [7, 11) is -2.19.